The molecule has 1 aromatic heterocycles. The van der Waals surface area contributed by atoms with E-state index in [4.69, 9.17) is 0 Å². The van der Waals surface area contributed by atoms with Gasteiger partial charge in [0.25, 0.3) is 0 Å². The van der Waals surface area contributed by atoms with Crippen molar-refractivity contribution in [2.75, 3.05) is 0 Å². The highest BCUT2D eigenvalue weighted by Gasteiger charge is 1.99. The summed E-state index contributed by atoms with van der Waals surface area (Å²) in [4.78, 5) is 10.4. The van der Waals surface area contributed by atoms with Crippen LogP contribution in [0.3, 0.4) is 0 Å². The van der Waals surface area contributed by atoms with E-state index in [1.807, 2.05) is 0 Å². The van der Waals surface area contributed by atoms with Crippen molar-refractivity contribution in [2.45, 2.75) is 0 Å². The van der Waals surface area contributed by atoms with Gasteiger partial charge in [0.1, 0.15) is 6.26 Å². The van der Waals surface area contributed by atoms with Gasteiger partial charge in [0.2, 0.25) is 5.91 Å². The normalized spacial score (nSPS) is 9.00. The molecule has 0 saturated carbocycles. The van der Waals surface area contributed by atoms with Gasteiger partial charge in [-0.25, -0.2) is 0 Å². The van der Waals surface area contributed by atoms with Gasteiger partial charge < -0.3 is 15.1 Å². The molecule has 0 aliphatic carbocycles. The van der Waals surface area contributed by atoms with Crippen molar-refractivity contribution in [1.29, 1.82) is 0 Å². The quantitative estimate of drug-likeness (QED) is 0.557. The van der Waals surface area contributed by atoms with Crippen molar-refractivity contribution in [3.8, 4) is 0 Å². The van der Waals surface area contributed by atoms with Crippen molar-refractivity contribution in [3.05, 3.63) is 29.4 Å². The molecule has 0 fully saturated rings. The minimum atomic E-state index is -0.677. The first-order valence-corrected chi connectivity index (χ1v) is 2.29. The molecule has 0 bridgehead atoms. The Morgan fingerprint density at radius 2 is 2.56 bits per heavy atom. The van der Waals surface area contributed by atoms with Crippen LogP contribution in [0.25, 0.3) is 0 Å². The predicted molar refractivity (Wildman–Crippen MR) is 29.5 cm³/mol. The molecular weight excluding hydrogens is 122 g/mol. The van der Waals surface area contributed by atoms with E-state index in [1.165, 1.54) is 24.1 Å². The molecule has 1 amide bonds. The lowest BCUT2D eigenvalue weighted by atomic mass is 10.3. The maximum atomic E-state index is 10.4. The highest BCUT2D eigenvalue weighted by Crippen LogP contribution is 1.97. The molecule has 0 spiro atoms. The van der Waals surface area contributed by atoms with Crippen molar-refractivity contribution in [1.82, 2.24) is 5.48 Å². The van der Waals surface area contributed by atoms with Crippen LogP contribution in [0.1, 0.15) is 10.4 Å². The number of nitrogens with one attached hydrogen (secondary N) is 1. The summed E-state index contributed by atoms with van der Waals surface area (Å²) in [6.45, 7) is 0. The van der Waals surface area contributed by atoms with E-state index in [0.717, 1.165) is 0 Å². The van der Waals surface area contributed by atoms with Gasteiger partial charge >= 0.3 is 0 Å². The Morgan fingerprint density at radius 3 is 3.00 bits per heavy atom. The zero-order valence-electron chi connectivity index (χ0n) is 4.46. The zero-order valence-corrected chi connectivity index (χ0v) is 4.46. The smallest absolute Gasteiger partial charge is 0.243 e. The molecule has 4 heteroatoms. The molecule has 9 heavy (non-hydrogen) atoms. The van der Waals surface area contributed by atoms with E-state index in [9.17, 15) is 10.0 Å². The van der Waals surface area contributed by atoms with Crippen LogP contribution in [0.15, 0.2) is 23.0 Å². The second kappa shape index (κ2) is 2.32. The summed E-state index contributed by atoms with van der Waals surface area (Å²) < 4.78 is 4.54. The van der Waals surface area contributed by atoms with Crippen molar-refractivity contribution < 1.29 is 9.21 Å². The Labute approximate surface area is 51.1 Å². The predicted octanol–water partition coefficient (Wildman–Crippen LogP) is 0.507. The Hall–Kier alpha value is -1.29. The SMILES string of the molecule is O=C(N[O-])c1ccoc1. The van der Waals surface area contributed by atoms with Crippen LogP contribution in [-0.2, 0) is 0 Å². The lowest BCUT2D eigenvalue weighted by molar-refractivity contribution is 0.0969. The van der Waals surface area contributed by atoms with E-state index in [2.05, 4.69) is 4.42 Å². The molecule has 0 aliphatic rings. The lowest BCUT2D eigenvalue weighted by Gasteiger charge is -2.02. The Balaban J connectivity index is 2.77. The van der Waals surface area contributed by atoms with E-state index in [1.54, 1.807) is 0 Å². The van der Waals surface area contributed by atoms with Gasteiger partial charge in [-0.3, -0.25) is 4.79 Å². The summed E-state index contributed by atoms with van der Waals surface area (Å²) in [7, 11) is 0. The van der Waals surface area contributed by atoms with Crippen LogP contribution in [0.5, 0.6) is 0 Å². The highest BCUT2D eigenvalue weighted by atomic mass is 16.5. The number of amides is 1. The average Bonchev–Trinajstić information content (AvgIpc) is 2.37. The van der Waals surface area contributed by atoms with Gasteiger partial charge in [-0.1, -0.05) is 0 Å². The van der Waals surface area contributed by atoms with Crippen LogP contribution in [0, 0.1) is 5.21 Å². The second-order valence-electron chi connectivity index (χ2n) is 1.44. The van der Waals surface area contributed by atoms with Gasteiger partial charge in [-0.05, 0) is 6.07 Å². The van der Waals surface area contributed by atoms with Crippen LogP contribution in [-0.4, -0.2) is 5.91 Å². The maximum Gasteiger partial charge on any atom is 0.243 e. The first-order valence-electron chi connectivity index (χ1n) is 2.29. The highest BCUT2D eigenvalue weighted by molar-refractivity contribution is 5.93. The first-order chi connectivity index (χ1) is 4.34. The zero-order chi connectivity index (χ0) is 6.69. The molecule has 1 N–H and O–H groups in total. The molecular formula is C5H4NO3-. The van der Waals surface area contributed by atoms with Crippen LogP contribution in [0.4, 0.5) is 0 Å². The number of carbonyl (C=O) groups is 1. The third kappa shape index (κ3) is 1.09. The molecule has 1 rings (SSSR count). The minimum absolute atomic E-state index is 0.241. The summed E-state index contributed by atoms with van der Waals surface area (Å²) in [5.41, 5.74) is 1.46. The second-order valence-corrected chi connectivity index (χ2v) is 1.44. The Morgan fingerprint density at radius 1 is 1.78 bits per heavy atom. The van der Waals surface area contributed by atoms with Gasteiger partial charge in [-0.15, -0.1) is 0 Å². The number of hydrogen-bond acceptors (Lipinski definition) is 3. The standard InChI is InChI=1S/C5H4NO3/c7-5(6-8)4-1-2-9-3-4/h1-3H,(H-,6,7,8)/q-1. The maximum absolute atomic E-state index is 10.4. The summed E-state index contributed by atoms with van der Waals surface area (Å²) in [6, 6.07) is 1.41. The van der Waals surface area contributed by atoms with Crippen LogP contribution in [0.2, 0.25) is 0 Å². The number of furan rings is 1. The van der Waals surface area contributed by atoms with Crippen LogP contribution >= 0.6 is 0 Å². The van der Waals surface area contributed by atoms with E-state index in [-0.39, 0.29) is 5.56 Å². The molecule has 48 valence electrons. The Kier molecular flexibility index (Phi) is 1.51. The Bertz CT molecular complexity index is 192. The molecule has 0 radical (unpaired) electrons. The van der Waals surface area contributed by atoms with Crippen LogP contribution < -0.4 is 5.48 Å². The van der Waals surface area contributed by atoms with Crippen molar-refractivity contribution >= 4 is 5.91 Å². The summed E-state index contributed by atoms with van der Waals surface area (Å²) in [5.74, 6) is -0.677. The number of rotatable bonds is 1. The van der Waals surface area contributed by atoms with Gasteiger partial charge in [0.15, 0.2) is 0 Å². The number of carbonyl (C=O) groups excluding carboxylic acids is 1. The number of hydrogen-bond donors (Lipinski definition) is 1. The topological polar surface area (TPSA) is 65.3 Å². The van der Waals surface area contributed by atoms with Crippen molar-refractivity contribution in [2.24, 2.45) is 0 Å². The molecule has 1 aromatic rings. The third-order valence-electron chi connectivity index (χ3n) is 0.876. The summed E-state index contributed by atoms with van der Waals surface area (Å²) in [6.07, 6.45) is 2.53. The minimum Gasteiger partial charge on any atom is -0.759 e. The number of hydroxylamine groups is 1. The summed E-state index contributed by atoms with van der Waals surface area (Å²) in [5, 5.41) is 9.69. The fourth-order valence-electron chi connectivity index (χ4n) is 0.453. The fourth-order valence-corrected chi connectivity index (χ4v) is 0.453. The fraction of sp³-hybridized carbons (Fsp3) is 0. The first kappa shape index (κ1) is 5.84. The largest absolute Gasteiger partial charge is 0.759 e. The third-order valence-corrected chi connectivity index (χ3v) is 0.876. The van der Waals surface area contributed by atoms with Gasteiger partial charge in [0, 0.05) is 0 Å². The van der Waals surface area contributed by atoms with Gasteiger partial charge in [-0.2, -0.15) is 0 Å². The molecule has 4 nitrogen and oxygen atoms in total. The molecule has 0 aromatic carbocycles. The molecule has 0 saturated heterocycles. The van der Waals surface area contributed by atoms with E-state index >= 15 is 0 Å². The molecule has 1 heterocycles. The van der Waals surface area contributed by atoms with E-state index < -0.39 is 5.91 Å². The molecule has 0 atom stereocenters. The monoisotopic (exact) mass is 126 g/mol. The van der Waals surface area contributed by atoms with Crippen molar-refractivity contribution in [3.63, 3.8) is 0 Å². The molecule has 0 aliphatic heterocycles. The molecule has 0 unspecified atom stereocenters. The summed E-state index contributed by atoms with van der Waals surface area (Å²) >= 11 is 0. The van der Waals surface area contributed by atoms with Gasteiger partial charge in [0.05, 0.1) is 11.8 Å². The average molecular weight is 126 g/mol. The lowest BCUT2D eigenvalue weighted by Crippen LogP contribution is -2.14. The van der Waals surface area contributed by atoms with E-state index in [0.29, 0.717) is 0 Å².